The predicted octanol–water partition coefficient (Wildman–Crippen LogP) is 1.13. The van der Waals surface area contributed by atoms with Crippen LogP contribution in [0.25, 0.3) is 0 Å². The van der Waals surface area contributed by atoms with Crippen molar-refractivity contribution in [3.8, 4) is 0 Å². The van der Waals surface area contributed by atoms with Gasteiger partial charge in [-0.1, -0.05) is 13.8 Å². The Hall–Kier alpha value is -0.610. The van der Waals surface area contributed by atoms with E-state index in [0.717, 1.165) is 13.0 Å². The summed E-state index contributed by atoms with van der Waals surface area (Å²) in [5.41, 5.74) is 0. The van der Waals surface area contributed by atoms with E-state index in [1.54, 1.807) is 0 Å². The molecule has 0 aromatic rings. The molecule has 1 aliphatic heterocycles. The van der Waals surface area contributed by atoms with Gasteiger partial charge in [-0.2, -0.15) is 0 Å². The van der Waals surface area contributed by atoms with Crippen LogP contribution in [0.3, 0.4) is 0 Å². The first kappa shape index (κ1) is 14.5. The number of rotatable bonds is 5. The third kappa shape index (κ3) is 3.68. The molecule has 1 fully saturated rings. The normalized spacial score (nSPS) is 27.3. The molecule has 0 aromatic carbocycles. The molecule has 0 radical (unpaired) electrons. The molecule has 0 saturated carbocycles. The molecule has 1 rings (SSSR count). The van der Waals surface area contributed by atoms with E-state index >= 15 is 0 Å². The lowest BCUT2D eigenvalue weighted by molar-refractivity contribution is -0.132. The molecule has 17 heavy (non-hydrogen) atoms. The molecule has 1 N–H and O–H groups in total. The van der Waals surface area contributed by atoms with Crippen molar-refractivity contribution in [1.82, 2.24) is 15.1 Å². The van der Waals surface area contributed by atoms with Crippen LogP contribution in [0.2, 0.25) is 0 Å². The minimum absolute atomic E-state index is 0.0400. The maximum Gasteiger partial charge on any atom is 0.241 e. The Kier molecular flexibility index (Phi) is 4.95. The fraction of sp³-hybridized carbons (Fsp3) is 0.923. The maximum atomic E-state index is 12.2. The van der Waals surface area contributed by atoms with Crippen molar-refractivity contribution < 1.29 is 4.79 Å². The van der Waals surface area contributed by atoms with E-state index in [2.05, 4.69) is 45.1 Å². The number of nitrogens with zero attached hydrogens (tertiary/aromatic N) is 2. The highest BCUT2D eigenvalue weighted by atomic mass is 16.2. The van der Waals surface area contributed by atoms with Crippen LogP contribution in [0.1, 0.15) is 34.1 Å². The highest BCUT2D eigenvalue weighted by Gasteiger charge is 2.38. The second kappa shape index (κ2) is 5.83. The number of carbonyl (C=O) groups is 1. The Labute approximate surface area is 105 Å². The number of hydrogen-bond acceptors (Lipinski definition) is 3. The fourth-order valence-corrected chi connectivity index (χ4v) is 2.67. The van der Waals surface area contributed by atoms with Gasteiger partial charge in [0.05, 0.1) is 12.2 Å². The Bertz CT molecular complexity index is 255. The lowest BCUT2D eigenvalue weighted by Gasteiger charge is -2.34. The number of likely N-dealkylation sites (N-methyl/N-ethyl adjacent to an activating group) is 1. The summed E-state index contributed by atoms with van der Waals surface area (Å²) >= 11 is 0. The van der Waals surface area contributed by atoms with Crippen molar-refractivity contribution in [3.05, 3.63) is 0 Å². The summed E-state index contributed by atoms with van der Waals surface area (Å²) in [7, 11) is 4.13. The molecule has 100 valence electrons. The highest BCUT2D eigenvalue weighted by molar-refractivity contribution is 5.84. The number of nitrogens with one attached hydrogen (secondary N) is 1. The van der Waals surface area contributed by atoms with Gasteiger partial charge in [0, 0.05) is 12.6 Å². The molecule has 4 nitrogen and oxygen atoms in total. The van der Waals surface area contributed by atoms with Crippen molar-refractivity contribution in [2.75, 3.05) is 20.6 Å². The monoisotopic (exact) mass is 241 g/mol. The number of hydrogen-bond donors (Lipinski definition) is 1. The van der Waals surface area contributed by atoms with Gasteiger partial charge in [-0.25, -0.2) is 0 Å². The second-order valence-corrected chi connectivity index (χ2v) is 5.86. The van der Waals surface area contributed by atoms with Crippen LogP contribution in [-0.4, -0.2) is 54.6 Å². The standard InChI is InChI=1S/C13H27N3O/c1-9(2)7-12(8-15(5)6)16-11(4)14-10(3)13(16)17/h9-12,14H,7-8H2,1-6H3. The van der Waals surface area contributed by atoms with Crippen LogP contribution in [0, 0.1) is 5.92 Å². The minimum Gasteiger partial charge on any atom is -0.322 e. The molecular formula is C13H27N3O. The van der Waals surface area contributed by atoms with Crippen LogP contribution in [0.4, 0.5) is 0 Å². The zero-order valence-electron chi connectivity index (χ0n) is 12.0. The van der Waals surface area contributed by atoms with Gasteiger partial charge in [-0.05, 0) is 40.3 Å². The third-order valence-corrected chi connectivity index (χ3v) is 3.25. The topological polar surface area (TPSA) is 35.6 Å². The van der Waals surface area contributed by atoms with Gasteiger partial charge in [0.15, 0.2) is 0 Å². The summed E-state index contributed by atoms with van der Waals surface area (Å²) in [4.78, 5) is 16.4. The van der Waals surface area contributed by atoms with Crippen LogP contribution >= 0.6 is 0 Å². The summed E-state index contributed by atoms with van der Waals surface area (Å²) in [5, 5.41) is 3.30. The van der Waals surface area contributed by atoms with Gasteiger partial charge in [-0.3, -0.25) is 10.1 Å². The largest absolute Gasteiger partial charge is 0.322 e. The van der Waals surface area contributed by atoms with Gasteiger partial charge < -0.3 is 9.80 Å². The molecule has 0 aromatic heterocycles. The van der Waals surface area contributed by atoms with Crippen molar-refractivity contribution in [3.63, 3.8) is 0 Å². The van der Waals surface area contributed by atoms with Gasteiger partial charge in [0.1, 0.15) is 0 Å². The van der Waals surface area contributed by atoms with E-state index < -0.39 is 0 Å². The van der Waals surface area contributed by atoms with Crippen LogP contribution in [0.15, 0.2) is 0 Å². The smallest absolute Gasteiger partial charge is 0.241 e. The van der Waals surface area contributed by atoms with Crippen molar-refractivity contribution in [2.24, 2.45) is 5.92 Å². The highest BCUT2D eigenvalue weighted by Crippen LogP contribution is 2.20. The molecule has 3 unspecified atom stereocenters. The first-order valence-electron chi connectivity index (χ1n) is 6.55. The van der Waals surface area contributed by atoms with E-state index in [4.69, 9.17) is 0 Å². The van der Waals surface area contributed by atoms with Crippen molar-refractivity contribution in [1.29, 1.82) is 0 Å². The number of carbonyl (C=O) groups excluding carboxylic acids is 1. The lowest BCUT2D eigenvalue weighted by atomic mass is 10.0. The SMILES string of the molecule is CC(C)CC(CN(C)C)N1C(=O)C(C)NC1C. The first-order valence-corrected chi connectivity index (χ1v) is 6.55. The Morgan fingerprint density at radius 2 is 1.94 bits per heavy atom. The Morgan fingerprint density at radius 3 is 2.29 bits per heavy atom. The van der Waals surface area contributed by atoms with Crippen LogP contribution in [-0.2, 0) is 4.79 Å². The molecule has 0 bridgehead atoms. The molecule has 1 aliphatic rings. The third-order valence-electron chi connectivity index (χ3n) is 3.25. The fourth-order valence-electron chi connectivity index (χ4n) is 2.67. The molecule has 1 saturated heterocycles. The van der Waals surface area contributed by atoms with Crippen LogP contribution in [0.5, 0.6) is 0 Å². The maximum absolute atomic E-state index is 12.2. The van der Waals surface area contributed by atoms with E-state index in [9.17, 15) is 4.79 Å². The average molecular weight is 241 g/mol. The summed E-state index contributed by atoms with van der Waals surface area (Å²) in [6.45, 7) is 9.38. The summed E-state index contributed by atoms with van der Waals surface area (Å²) in [5.74, 6) is 0.848. The van der Waals surface area contributed by atoms with Gasteiger partial charge in [0.2, 0.25) is 5.91 Å². The van der Waals surface area contributed by atoms with E-state index in [1.165, 1.54) is 0 Å². The minimum atomic E-state index is -0.0400. The van der Waals surface area contributed by atoms with E-state index in [-0.39, 0.29) is 18.1 Å². The Balaban J connectivity index is 2.77. The number of amides is 1. The van der Waals surface area contributed by atoms with Crippen LogP contribution < -0.4 is 5.32 Å². The predicted molar refractivity (Wildman–Crippen MR) is 70.7 cm³/mol. The van der Waals surface area contributed by atoms with Gasteiger partial charge in [-0.15, -0.1) is 0 Å². The first-order chi connectivity index (χ1) is 7.82. The zero-order valence-corrected chi connectivity index (χ0v) is 12.0. The van der Waals surface area contributed by atoms with Gasteiger partial charge >= 0.3 is 0 Å². The molecule has 0 spiro atoms. The zero-order chi connectivity index (χ0) is 13.2. The summed E-state index contributed by atoms with van der Waals surface area (Å²) in [6, 6.07) is 0.270. The molecule has 1 heterocycles. The molecule has 4 heteroatoms. The summed E-state index contributed by atoms with van der Waals surface area (Å²) in [6.07, 6.45) is 1.21. The summed E-state index contributed by atoms with van der Waals surface area (Å²) < 4.78 is 0. The molecule has 0 aliphatic carbocycles. The van der Waals surface area contributed by atoms with Gasteiger partial charge in [0.25, 0.3) is 0 Å². The van der Waals surface area contributed by atoms with E-state index in [1.807, 2.05) is 11.8 Å². The van der Waals surface area contributed by atoms with Crippen molar-refractivity contribution >= 4 is 5.91 Å². The quantitative estimate of drug-likeness (QED) is 0.784. The van der Waals surface area contributed by atoms with E-state index in [0.29, 0.717) is 12.0 Å². The molecule has 3 atom stereocenters. The second-order valence-electron chi connectivity index (χ2n) is 5.86. The Morgan fingerprint density at radius 1 is 1.35 bits per heavy atom. The molecule has 1 amide bonds. The lowest BCUT2D eigenvalue weighted by Crippen LogP contribution is -2.48. The van der Waals surface area contributed by atoms with Crippen molar-refractivity contribution in [2.45, 2.75) is 52.4 Å². The molecular weight excluding hydrogens is 214 g/mol. The average Bonchev–Trinajstić information content (AvgIpc) is 2.38.